The molecule has 2 amide bonds. The Morgan fingerprint density at radius 1 is 1.23 bits per heavy atom. The van der Waals surface area contributed by atoms with Crippen molar-refractivity contribution in [2.24, 2.45) is 11.3 Å². The van der Waals surface area contributed by atoms with E-state index in [0.29, 0.717) is 31.7 Å². The van der Waals surface area contributed by atoms with Crippen molar-refractivity contribution < 1.29 is 19.5 Å². The third-order valence-electron chi connectivity index (χ3n) is 6.17. The quantitative estimate of drug-likeness (QED) is 0.858. The van der Waals surface area contributed by atoms with Gasteiger partial charge in [-0.1, -0.05) is 0 Å². The van der Waals surface area contributed by atoms with E-state index < -0.39 is 12.0 Å². The molecule has 0 bridgehead atoms. The van der Waals surface area contributed by atoms with Crippen molar-refractivity contribution in [1.29, 1.82) is 0 Å². The summed E-state index contributed by atoms with van der Waals surface area (Å²) in [6.07, 6.45) is 5.57. The second-order valence-corrected chi connectivity index (χ2v) is 8.18. The zero-order valence-electron chi connectivity index (χ0n) is 15.0. The SMILES string of the molecule is Cc1c[nH]c(C(=O)N2CCC3(CC2)CC(C(=O)O)N(C(=O)C2CC2)C3)c1. The molecule has 7 heteroatoms. The number of likely N-dealkylation sites (tertiary alicyclic amines) is 2. The number of nitrogens with zero attached hydrogens (tertiary/aromatic N) is 2. The number of aliphatic carboxylic acids is 1. The van der Waals surface area contributed by atoms with E-state index in [1.54, 1.807) is 4.90 Å². The van der Waals surface area contributed by atoms with Crippen LogP contribution in [-0.4, -0.2) is 63.4 Å². The molecule has 2 N–H and O–H groups in total. The van der Waals surface area contributed by atoms with Gasteiger partial charge in [-0.2, -0.15) is 0 Å². The molecule has 3 fully saturated rings. The fourth-order valence-corrected chi connectivity index (χ4v) is 4.42. The van der Waals surface area contributed by atoms with E-state index >= 15 is 0 Å². The first-order chi connectivity index (χ1) is 12.4. The van der Waals surface area contributed by atoms with Crippen LogP contribution in [0.4, 0.5) is 0 Å². The van der Waals surface area contributed by atoms with Crippen LogP contribution in [-0.2, 0) is 9.59 Å². The molecule has 26 heavy (non-hydrogen) atoms. The molecule has 1 atom stereocenters. The summed E-state index contributed by atoms with van der Waals surface area (Å²) in [5, 5.41) is 9.58. The summed E-state index contributed by atoms with van der Waals surface area (Å²) in [6, 6.07) is 1.13. The number of carbonyl (C=O) groups excluding carboxylic acids is 2. The number of nitrogens with one attached hydrogen (secondary N) is 1. The Morgan fingerprint density at radius 3 is 2.46 bits per heavy atom. The largest absolute Gasteiger partial charge is 0.480 e. The van der Waals surface area contributed by atoms with Crippen molar-refractivity contribution in [1.82, 2.24) is 14.8 Å². The number of aryl methyl sites for hydroxylation is 1. The summed E-state index contributed by atoms with van der Waals surface area (Å²) in [4.78, 5) is 43.2. The summed E-state index contributed by atoms with van der Waals surface area (Å²) in [5.74, 6) is -0.873. The number of aromatic amines is 1. The average molecular weight is 359 g/mol. The molecule has 1 aliphatic carbocycles. The van der Waals surface area contributed by atoms with Crippen molar-refractivity contribution in [2.75, 3.05) is 19.6 Å². The first-order valence-electron chi connectivity index (χ1n) is 9.36. The van der Waals surface area contributed by atoms with E-state index in [0.717, 1.165) is 31.2 Å². The van der Waals surface area contributed by atoms with Crippen molar-refractivity contribution in [2.45, 2.75) is 45.1 Å². The number of aromatic nitrogens is 1. The van der Waals surface area contributed by atoms with Gasteiger partial charge in [0.05, 0.1) is 0 Å². The van der Waals surface area contributed by atoms with Crippen LogP contribution in [0.5, 0.6) is 0 Å². The molecule has 1 saturated carbocycles. The van der Waals surface area contributed by atoms with E-state index in [1.165, 1.54) is 0 Å². The lowest BCUT2D eigenvalue weighted by molar-refractivity contribution is -0.148. The lowest BCUT2D eigenvalue weighted by Crippen LogP contribution is -2.45. The van der Waals surface area contributed by atoms with E-state index in [9.17, 15) is 19.5 Å². The van der Waals surface area contributed by atoms with Crippen LogP contribution >= 0.6 is 0 Å². The third-order valence-corrected chi connectivity index (χ3v) is 6.17. The fraction of sp³-hybridized carbons (Fsp3) is 0.632. The first kappa shape index (κ1) is 17.1. The van der Waals surface area contributed by atoms with Gasteiger partial charge in [0.15, 0.2) is 0 Å². The smallest absolute Gasteiger partial charge is 0.326 e. The molecule has 1 aromatic rings. The van der Waals surface area contributed by atoms with E-state index in [4.69, 9.17) is 0 Å². The molecule has 0 radical (unpaired) electrons. The van der Waals surface area contributed by atoms with Crippen LogP contribution in [0, 0.1) is 18.3 Å². The summed E-state index contributed by atoms with van der Waals surface area (Å²) in [6.45, 7) is 3.67. The van der Waals surface area contributed by atoms with E-state index in [1.807, 2.05) is 24.1 Å². The van der Waals surface area contributed by atoms with Crippen LogP contribution in [0.1, 0.15) is 48.2 Å². The summed E-state index contributed by atoms with van der Waals surface area (Å²) < 4.78 is 0. The Morgan fingerprint density at radius 2 is 1.92 bits per heavy atom. The highest BCUT2D eigenvalue weighted by molar-refractivity contribution is 5.92. The van der Waals surface area contributed by atoms with Gasteiger partial charge >= 0.3 is 5.97 Å². The van der Waals surface area contributed by atoms with Crippen LogP contribution in [0.2, 0.25) is 0 Å². The van der Waals surface area contributed by atoms with Gasteiger partial charge in [-0.25, -0.2) is 4.79 Å². The van der Waals surface area contributed by atoms with Crippen LogP contribution < -0.4 is 0 Å². The molecule has 3 heterocycles. The maximum Gasteiger partial charge on any atom is 0.326 e. The fourth-order valence-electron chi connectivity index (χ4n) is 4.42. The topological polar surface area (TPSA) is 93.7 Å². The molecule has 2 aliphatic heterocycles. The predicted octanol–water partition coefficient (Wildman–Crippen LogP) is 1.64. The zero-order valence-corrected chi connectivity index (χ0v) is 15.0. The van der Waals surface area contributed by atoms with E-state index in [2.05, 4.69) is 4.98 Å². The highest BCUT2D eigenvalue weighted by Gasteiger charge is 2.52. The molecule has 4 rings (SSSR count). The standard InChI is InChI=1S/C19H25N3O4/c1-12-8-14(20-10-12)17(24)21-6-4-19(5-7-21)9-15(18(25)26)22(11-19)16(23)13-2-3-13/h8,10,13,15,20H,2-7,9,11H2,1H3,(H,25,26). The number of piperidine rings is 1. The number of carbonyl (C=O) groups is 3. The van der Waals surface area contributed by atoms with Crippen molar-refractivity contribution in [3.05, 3.63) is 23.5 Å². The average Bonchev–Trinajstić information content (AvgIpc) is 3.28. The Kier molecular flexibility index (Phi) is 4.04. The number of H-pyrrole nitrogens is 1. The molecule has 2 saturated heterocycles. The van der Waals surface area contributed by atoms with Crippen molar-refractivity contribution in [3.8, 4) is 0 Å². The number of hydrogen-bond acceptors (Lipinski definition) is 3. The molecule has 1 unspecified atom stereocenters. The van der Waals surface area contributed by atoms with Gasteiger partial charge < -0.3 is 19.9 Å². The maximum atomic E-state index is 12.6. The number of hydrogen-bond donors (Lipinski definition) is 2. The van der Waals surface area contributed by atoms with Gasteiger partial charge in [0.25, 0.3) is 5.91 Å². The second-order valence-electron chi connectivity index (χ2n) is 8.18. The maximum absolute atomic E-state index is 12.6. The number of amides is 2. The molecule has 1 aromatic heterocycles. The molecular weight excluding hydrogens is 334 g/mol. The van der Waals surface area contributed by atoms with Crippen LogP contribution in [0.25, 0.3) is 0 Å². The number of carboxylic acids is 1. The Labute approximate surface area is 152 Å². The predicted molar refractivity (Wildman–Crippen MR) is 93.6 cm³/mol. The molecule has 1 spiro atoms. The lowest BCUT2D eigenvalue weighted by atomic mass is 9.76. The van der Waals surface area contributed by atoms with E-state index in [-0.39, 0.29) is 23.1 Å². The van der Waals surface area contributed by atoms with Crippen molar-refractivity contribution in [3.63, 3.8) is 0 Å². The molecule has 3 aliphatic rings. The van der Waals surface area contributed by atoms with Gasteiger partial charge in [-0.15, -0.1) is 0 Å². The summed E-state index contributed by atoms with van der Waals surface area (Å²) in [5.41, 5.74) is 1.45. The van der Waals surface area contributed by atoms with Crippen LogP contribution in [0.3, 0.4) is 0 Å². The number of carboxylic acid groups (broad SMARTS) is 1. The highest BCUT2D eigenvalue weighted by atomic mass is 16.4. The van der Waals surface area contributed by atoms with Gasteiger partial charge in [-0.3, -0.25) is 9.59 Å². The van der Waals surface area contributed by atoms with Gasteiger partial charge in [0.1, 0.15) is 11.7 Å². The minimum absolute atomic E-state index is 0.00774. The third kappa shape index (κ3) is 2.99. The second kappa shape index (κ2) is 6.14. The van der Waals surface area contributed by atoms with Gasteiger partial charge in [0, 0.05) is 31.7 Å². The normalized spacial score (nSPS) is 24.9. The summed E-state index contributed by atoms with van der Waals surface area (Å²) in [7, 11) is 0. The Hall–Kier alpha value is -2.31. The van der Waals surface area contributed by atoms with Crippen molar-refractivity contribution >= 4 is 17.8 Å². The molecule has 7 nitrogen and oxygen atoms in total. The Balaban J connectivity index is 1.43. The minimum Gasteiger partial charge on any atom is -0.480 e. The molecule has 0 aromatic carbocycles. The molecular formula is C19H25N3O4. The van der Waals surface area contributed by atoms with Gasteiger partial charge in [0.2, 0.25) is 5.91 Å². The number of rotatable bonds is 3. The highest BCUT2D eigenvalue weighted by Crippen LogP contribution is 2.45. The van der Waals surface area contributed by atoms with Gasteiger partial charge in [-0.05, 0) is 56.1 Å². The lowest BCUT2D eigenvalue weighted by Gasteiger charge is -2.39. The summed E-state index contributed by atoms with van der Waals surface area (Å²) >= 11 is 0. The minimum atomic E-state index is -0.906. The monoisotopic (exact) mass is 359 g/mol. The van der Waals surface area contributed by atoms with Crippen LogP contribution in [0.15, 0.2) is 12.3 Å². The zero-order chi connectivity index (χ0) is 18.5. The molecule has 140 valence electrons. The Bertz CT molecular complexity index is 744. The first-order valence-corrected chi connectivity index (χ1v) is 9.36.